The molecule has 0 unspecified atom stereocenters. The van der Waals surface area contributed by atoms with Gasteiger partial charge < -0.3 is 10.1 Å². The number of hydrogen-bond acceptors (Lipinski definition) is 3. The molecule has 0 saturated carbocycles. The molecule has 1 amide bonds. The maximum Gasteiger partial charge on any atom is 0.252 e. The van der Waals surface area contributed by atoms with Gasteiger partial charge in [0.05, 0.1) is 12.7 Å². The molecule has 0 spiro atoms. The van der Waals surface area contributed by atoms with Crippen molar-refractivity contribution in [2.45, 2.75) is 32.4 Å². The van der Waals surface area contributed by atoms with Crippen LogP contribution in [-0.2, 0) is 6.54 Å². The molecule has 0 bridgehead atoms. The molecular weight excluding hydrogens is 439 g/mol. The minimum Gasteiger partial charge on any atom is -0.497 e. The molecule has 0 radical (unpaired) electrons. The van der Waals surface area contributed by atoms with Gasteiger partial charge in [-0.1, -0.05) is 24.3 Å². The van der Waals surface area contributed by atoms with E-state index in [2.05, 4.69) is 44.9 Å². The zero-order valence-corrected chi connectivity index (χ0v) is 17.5. The van der Waals surface area contributed by atoms with E-state index >= 15 is 0 Å². The molecule has 1 aliphatic heterocycles. The van der Waals surface area contributed by atoms with Crippen LogP contribution in [0.4, 0.5) is 0 Å². The van der Waals surface area contributed by atoms with Crippen molar-refractivity contribution in [2.75, 3.05) is 20.2 Å². The molecule has 5 heteroatoms. The van der Waals surface area contributed by atoms with Gasteiger partial charge >= 0.3 is 0 Å². The molecule has 1 saturated heterocycles. The van der Waals surface area contributed by atoms with Crippen LogP contribution in [-0.4, -0.2) is 37.0 Å². The zero-order valence-electron chi connectivity index (χ0n) is 15.3. The Hall–Kier alpha value is -1.60. The number of nitrogens with one attached hydrogen (secondary N) is 1. The first-order valence-corrected chi connectivity index (χ1v) is 10.1. The van der Waals surface area contributed by atoms with Crippen molar-refractivity contribution >= 4 is 28.5 Å². The normalized spacial score (nSPS) is 15.7. The Morgan fingerprint density at radius 1 is 1.23 bits per heavy atom. The lowest BCUT2D eigenvalue weighted by Gasteiger charge is -2.32. The standard InChI is InChI=1S/C21H25IN2O2/c1-15-5-3-8-19(20(15)22)21(25)23-17-9-11-24(12-10-17)14-16-6-4-7-18(13-16)26-2/h3-8,13,17H,9-12,14H2,1-2H3,(H,23,25). The molecule has 26 heavy (non-hydrogen) atoms. The van der Waals surface area contributed by atoms with Gasteiger partial charge in [-0.05, 0) is 71.7 Å². The highest BCUT2D eigenvalue weighted by Crippen LogP contribution is 2.20. The molecule has 1 aliphatic rings. The lowest BCUT2D eigenvalue weighted by atomic mass is 10.0. The molecular formula is C21H25IN2O2. The largest absolute Gasteiger partial charge is 0.497 e. The maximum atomic E-state index is 12.6. The highest BCUT2D eigenvalue weighted by Gasteiger charge is 2.22. The molecule has 3 rings (SSSR count). The van der Waals surface area contributed by atoms with Crippen LogP contribution in [0.3, 0.4) is 0 Å². The number of hydrogen-bond donors (Lipinski definition) is 1. The first-order chi connectivity index (χ1) is 12.6. The molecule has 0 aliphatic carbocycles. The van der Waals surface area contributed by atoms with Crippen molar-refractivity contribution in [3.8, 4) is 5.75 Å². The number of benzene rings is 2. The quantitative estimate of drug-likeness (QED) is 0.681. The van der Waals surface area contributed by atoms with E-state index < -0.39 is 0 Å². The lowest BCUT2D eigenvalue weighted by molar-refractivity contribution is 0.0908. The number of nitrogens with zero attached hydrogens (tertiary/aromatic N) is 1. The number of piperidine rings is 1. The number of methoxy groups -OCH3 is 1. The maximum absolute atomic E-state index is 12.6. The van der Waals surface area contributed by atoms with Crippen LogP contribution in [0.25, 0.3) is 0 Å². The third kappa shape index (κ3) is 4.76. The van der Waals surface area contributed by atoms with Crippen LogP contribution >= 0.6 is 22.6 Å². The summed E-state index contributed by atoms with van der Waals surface area (Å²) in [6, 6.07) is 14.4. The molecule has 1 fully saturated rings. The summed E-state index contributed by atoms with van der Waals surface area (Å²) < 4.78 is 6.34. The van der Waals surface area contributed by atoms with Gasteiger partial charge in [0.15, 0.2) is 0 Å². The molecule has 2 aromatic rings. The van der Waals surface area contributed by atoms with E-state index in [1.54, 1.807) is 7.11 Å². The fraction of sp³-hybridized carbons (Fsp3) is 0.381. The summed E-state index contributed by atoms with van der Waals surface area (Å²) >= 11 is 2.26. The van der Waals surface area contributed by atoms with Gasteiger partial charge in [0.1, 0.15) is 5.75 Å². The van der Waals surface area contributed by atoms with Crippen molar-refractivity contribution < 1.29 is 9.53 Å². The van der Waals surface area contributed by atoms with Crippen molar-refractivity contribution in [3.05, 3.63) is 62.7 Å². The van der Waals surface area contributed by atoms with Crippen LogP contribution in [0.5, 0.6) is 5.75 Å². The number of rotatable bonds is 5. The van der Waals surface area contributed by atoms with Crippen molar-refractivity contribution in [3.63, 3.8) is 0 Å². The first kappa shape index (κ1) is 19.2. The fourth-order valence-electron chi connectivity index (χ4n) is 3.35. The second-order valence-electron chi connectivity index (χ2n) is 6.81. The minimum atomic E-state index is 0.0457. The van der Waals surface area contributed by atoms with Gasteiger partial charge in [-0.25, -0.2) is 0 Å². The summed E-state index contributed by atoms with van der Waals surface area (Å²) in [6.07, 6.45) is 1.97. The Bertz CT molecular complexity index is 770. The number of likely N-dealkylation sites (tertiary alicyclic amines) is 1. The molecule has 138 valence electrons. The summed E-state index contributed by atoms with van der Waals surface area (Å²) in [4.78, 5) is 15.0. The summed E-state index contributed by atoms with van der Waals surface area (Å²) in [6.45, 7) is 4.95. The number of amides is 1. The van der Waals surface area contributed by atoms with E-state index in [0.717, 1.165) is 52.9 Å². The molecule has 1 N–H and O–H groups in total. The lowest BCUT2D eigenvalue weighted by Crippen LogP contribution is -2.44. The third-order valence-electron chi connectivity index (χ3n) is 4.90. The topological polar surface area (TPSA) is 41.6 Å². The second kappa shape index (κ2) is 8.86. The second-order valence-corrected chi connectivity index (χ2v) is 7.89. The van der Waals surface area contributed by atoms with Gasteiger partial charge in [-0.3, -0.25) is 9.69 Å². The van der Waals surface area contributed by atoms with Gasteiger partial charge in [-0.2, -0.15) is 0 Å². The van der Waals surface area contributed by atoms with Crippen molar-refractivity contribution in [1.29, 1.82) is 0 Å². The Morgan fingerprint density at radius 2 is 1.96 bits per heavy atom. The van der Waals surface area contributed by atoms with Crippen LogP contribution in [0.15, 0.2) is 42.5 Å². The number of aryl methyl sites for hydroxylation is 1. The van der Waals surface area contributed by atoms with E-state index in [1.165, 1.54) is 5.56 Å². The van der Waals surface area contributed by atoms with Crippen LogP contribution in [0, 0.1) is 10.5 Å². The highest BCUT2D eigenvalue weighted by molar-refractivity contribution is 14.1. The average Bonchev–Trinajstić information content (AvgIpc) is 2.65. The average molecular weight is 464 g/mol. The van der Waals surface area contributed by atoms with Crippen LogP contribution in [0.2, 0.25) is 0 Å². The Balaban J connectivity index is 1.52. The van der Waals surface area contributed by atoms with Gasteiger partial charge in [0, 0.05) is 29.2 Å². The first-order valence-electron chi connectivity index (χ1n) is 8.98. The minimum absolute atomic E-state index is 0.0457. The van der Waals surface area contributed by atoms with Crippen LogP contribution in [0.1, 0.15) is 34.3 Å². The number of carbonyl (C=O) groups excluding carboxylic acids is 1. The van der Waals surface area contributed by atoms with E-state index in [-0.39, 0.29) is 11.9 Å². The molecule has 1 heterocycles. The van der Waals surface area contributed by atoms with E-state index in [1.807, 2.05) is 37.3 Å². The smallest absolute Gasteiger partial charge is 0.252 e. The highest BCUT2D eigenvalue weighted by atomic mass is 127. The predicted molar refractivity (Wildman–Crippen MR) is 113 cm³/mol. The number of carbonyl (C=O) groups is 1. The summed E-state index contributed by atoms with van der Waals surface area (Å²) in [5, 5.41) is 3.22. The number of ether oxygens (including phenoxy) is 1. The molecule has 4 nitrogen and oxygen atoms in total. The van der Waals surface area contributed by atoms with E-state index in [4.69, 9.17) is 4.74 Å². The summed E-state index contributed by atoms with van der Waals surface area (Å²) in [5.41, 5.74) is 3.19. The number of halogens is 1. The Kier molecular flexibility index (Phi) is 6.53. The van der Waals surface area contributed by atoms with E-state index in [0.29, 0.717) is 0 Å². The predicted octanol–water partition coefficient (Wildman–Crippen LogP) is 4.00. The Labute approximate surface area is 169 Å². The molecule has 2 aromatic carbocycles. The summed E-state index contributed by atoms with van der Waals surface area (Å²) in [7, 11) is 1.70. The molecule has 0 atom stereocenters. The van der Waals surface area contributed by atoms with Gasteiger partial charge in [0.25, 0.3) is 5.91 Å². The SMILES string of the molecule is COc1cccc(CN2CCC(NC(=O)c3cccc(C)c3I)CC2)c1. The zero-order chi connectivity index (χ0) is 18.5. The van der Waals surface area contributed by atoms with Crippen molar-refractivity contribution in [1.82, 2.24) is 10.2 Å². The van der Waals surface area contributed by atoms with Crippen molar-refractivity contribution in [2.24, 2.45) is 0 Å². The summed E-state index contributed by atoms with van der Waals surface area (Å²) in [5.74, 6) is 0.946. The van der Waals surface area contributed by atoms with E-state index in [9.17, 15) is 4.79 Å². The van der Waals surface area contributed by atoms with Crippen LogP contribution < -0.4 is 10.1 Å². The van der Waals surface area contributed by atoms with Gasteiger partial charge in [0.2, 0.25) is 0 Å². The van der Waals surface area contributed by atoms with Gasteiger partial charge in [-0.15, -0.1) is 0 Å². The monoisotopic (exact) mass is 464 g/mol. The Morgan fingerprint density at radius 3 is 2.69 bits per heavy atom. The fourth-order valence-corrected chi connectivity index (χ4v) is 3.95. The third-order valence-corrected chi connectivity index (χ3v) is 6.33. The molecule has 0 aromatic heterocycles.